The van der Waals surface area contributed by atoms with Crippen LogP contribution in [-0.2, 0) is 16.1 Å². The number of carboxylic acid groups (broad SMARTS) is 1. The molecule has 0 aromatic heterocycles. The first-order valence-corrected chi connectivity index (χ1v) is 8.20. The number of hydrogen-bond donors (Lipinski definition) is 2. The standard InChI is InChI=1S/C18H23NO4/c1-18(9-10-18)14(13-7-8-13)15(16(20)21)19-17(22)23-11-12-5-3-2-4-6-12/h2-6,13-15H,7-11H2,1H3,(H,19,22)(H,20,21)/t14?,15-/m0/s1. The molecule has 3 rings (SSSR count). The molecule has 0 bridgehead atoms. The second kappa shape index (κ2) is 6.22. The van der Waals surface area contributed by atoms with Crippen LogP contribution in [0.2, 0.25) is 0 Å². The molecule has 23 heavy (non-hydrogen) atoms. The van der Waals surface area contributed by atoms with E-state index in [0.29, 0.717) is 5.92 Å². The summed E-state index contributed by atoms with van der Waals surface area (Å²) in [4.78, 5) is 23.7. The van der Waals surface area contributed by atoms with Crippen molar-refractivity contribution in [2.45, 2.75) is 45.3 Å². The zero-order valence-corrected chi connectivity index (χ0v) is 13.3. The van der Waals surface area contributed by atoms with Gasteiger partial charge in [-0.05, 0) is 48.5 Å². The number of carbonyl (C=O) groups excluding carboxylic acids is 1. The van der Waals surface area contributed by atoms with Gasteiger partial charge in [-0.25, -0.2) is 9.59 Å². The van der Waals surface area contributed by atoms with Gasteiger partial charge in [-0.3, -0.25) is 0 Å². The van der Waals surface area contributed by atoms with Crippen LogP contribution in [0.3, 0.4) is 0 Å². The number of alkyl carbamates (subject to hydrolysis) is 1. The Bertz CT molecular complexity index is 578. The van der Waals surface area contributed by atoms with Crippen LogP contribution in [0.1, 0.15) is 38.2 Å². The molecule has 1 unspecified atom stereocenters. The number of aliphatic carboxylic acids is 1. The van der Waals surface area contributed by atoms with Crippen LogP contribution in [0.5, 0.6) is 0 Å². The van der Waals surface area contributed by atoms with Gasteiger partial charge in [-0.1, -0.05) is 37.3 Å². The summed E-state index contributed by atoms with van der Waals surface area (Å²) in [7, 11) is 0. The average Bonchev–Trinajstić information content (AvgIpc) is 3.44. The summed E-state index contributed by atoms with van der Waals surface area (Å²) in [5.74, 6) is -0.547. The maximum absolute atomic E-state index is 12.0. The normalized spacial score (nSPS) is 21.1. The minimum atomic E-state index is -0.966. The summed E-state index contributed by atoms with van der Waals surface area (Å²) in [6.45, 7) is 2.27. The summed E-state index contributed by atoms with van der Waals surface area (Å²) in [6, 6.07) is 8.49. The Hall–Kier alpha value is -2.04. The van der Waals surface area contributed by atoms with E-state index < -0.39 is 18.1 Å². The van der Waals surface area contributed by atoms with Gasteiger partial charge in [0, 0.05) is 0 Å². The van der Waals surface area contributed by atoms with Gasteiger partial charge in [0.15, 0.2) is 0 Å². The van der Waals surface area contributed by atoms with E-state index in [2.05, 4.69) is 12.2 Å². The van der Waals surface area contributed by atoms with Crippen molar-refractivity contribution in [1.82, 2.24) is 5.32 Å². The van der Waals surface area contributed by atoms with Crippen molar-refractivity contribution < 1.29 is 19.4 Å². The van der Waals surface area contributed by atoms with Crippen LogP contribution in [0, 0.1) is 17.3 Å². The van der Waals surface area contributed by atoms with Gasteiger partial charge in [0.2, 0.25) is 0 Å². The zero-order chi connectivity index (χ0) is 16.4. The van der Waals surface area contributed by atoms with E-state index in [1.807, 2.05) is 30.3 Å². The van der Waals surface area contributed by atoms with Gasteiger partial charge in [-0.2, -0.15) is 0 Å². The Kier molecular flexibility index (Phi) is 4.28. The van der Waals surface area contributed by atoms with Crippen molar-refractivity contribution in [1.29, 1.82) is 0 Å². The number of benzene rings is 1. The molecule has 2 atom stereocenters. The molecule has 0 aliphatic heterocycles. The molecule has 0 heterocycles. The number of hydrogen-bond acceptors (Lipinski definition) is 3. The third-order valence-corrected chi connectivity index (χ3v) is 5.08. The van der Waals surface area contributed by atoms with Crippen molar-refractivity contribution in [2.75, 3.05) is 0 Å². The molecular weight excluding hydrogens is 294 g/mol. The third-order valence-electron chi connectivity index (χ3n) is 5.08. The molecular formula is C18H23NO4. The van der Waals surface area contributed by atoms with Gasteiger partial charge < -0.3 is 15.2 Å². The van der Waals surface area contributed by atoms with E-state index in [4.69, 9.17) is 4.74 Å². The molecule has 1 aromatic rings. The molecule has 124 valence electrons. The molecule has 2 aliphatic rings. The highest BCUT2D eigenvalue weighted by Crippen LogP contribution is 2.59. The number of ether oxygens (including phenoxy) is 1. The minimum absolute atomic E-state index is 0.00396. The molecule has 0 spiro atoms. The zero-order valence-electron chi connectivity index (χ0n) is 13.3. The summed E-state index contributed by atoms with van der Waals surface area (Å²) < 4.78 is 5.18. The van der Waals surface area contributed by atoms with Crippen molar-refractivity contribution in [2.24, 2.45) is 17.3 Å². The number of carboxylic acids is 1. The fourth-order valence-electron chi connectivity index (χ4n) is 3.43. The number of rotatable bonds is 7. The van der Waals surface area contributed by atoms with E-state index in [1.54, 1.807) is 0 Å². The van der Waals surface area contributed by atoms with Crippen molar-refractivity contribution >= 4 is 12.1 Å². The smallest absolute Gasteiger partial charge is 0.408 e. The SMILES string of the molecule is CC1(C(C2CC2)[C@H](NC(=O)OCc2ccccc2)C(=O)O)CC1. The van der Waals surface area contributed by atoms with E-state index in [0.717, 1.165) is 31.2 Å². The molecule has 5 heteroatoms. The Morgan fingerprint density at radius 3 is 2.48 bits per heavy atom. The Labute approximate surface area is 136 Å². The lowest BCUT2D eigenvalue weighted by molar-refractivity contribution is -0.142. The lowest BCUT2D eigenvalue weighted by Gasteiger charge is -2.29. The van der Waals surface area contributed by atoms with Crippen molar-refractivity contribution in [3.05, 3.63) is 35.9 Å². The number of amides is 1. The molecule has 0 radical (unpaired) electrons. The van der Waals surface area contributed by atoms with Crippen LogP contribution < -0.4 is 5.32 Å². The maximum Gasteiger partial charge on any atom is 0.408 e. The summed E-state index contributed by atoms with van der Waals surface area (Å²) in [5, 5.41) is 12.2. The quantitative estimate of drug-likeness (QED) is 0.810. The molecule has 1 amide bonds. The minimum Gasteiger partial charge on any atom is -0.480 e. The fraction of sp³-hybridized carbons (Fsp3) is 0.556. The highest BCUT2D eigenvalue weighted by molar-refractivity contribution is 5.80. The molecule has 2 N–H and O–H groups in total. The van der Waals surface area contributed by atoms with Crippen LogP contribution >= 0.6 is 0 Å². The van der Waals surface area contributed by atoms with E-state index in [-0.39, 0.29) is 17.9 Å². The second-order valence-electron chi connectivity index (χ2n) is 7.04. The van der Waals surface area contributed by atoms with E-state index in [9.17, 15) is 14.7 Å². The first-order chi connectivity index (χ1) is 11.0. The van der Waals surface area contributed by atoms with Crippen LogP contribution in [0.4, 0.5) is 4.79 Å². The molecule has 0 saturated heterocycles. The predicted molar refractivity (Wildman–Crippen MR) is 84.7 cm³/mol. The van der Waals surface area contributed by atoms with Crippen molar-refractivity contribution in [3.8, 4) is 0 Å². The summed E-state index contributed by atoms with van der Waals surface area (Å²) >= 11 is 0. The molecule has 5 nitrogen and oxygen atoms in total. The highest BCUT2D eigenvalue weighted by atomic mass is 16.5. The highest BCUT2D eigenvalue weighted by Gasteiger charge is 2.55. The van der Waals surface area contributed by atoms with Crippen LogP contribution in [0.15, 0.2) is 30.3 Å². The number of carbonyl (C=O) groups is 2. The molecule has 2 fully saturated rings. The van der Waals surface area contributed by atoms with E-state index >= 15 is 0 Å². The average molecular weight is 317 g/mol. The second-order valence-corrected chi connectivity index (χ2v) is 7.04. The monoisotopic (exact) mass is 317 g/mol. The maximum atomic E-state index is 12.0. The van der Waals surface area contributed by atoms with Gasteiger partial charge >= 0.3 is 12.1 Å². The van der Waals surface area contributed by atoms with Crippen LogP contribution in [-0.4, -0.2) is 23.2 Å². The number of nitrogens with one attached hydrogen (secondary N) is 1. The van der Waals surface area contributed by atoms with Gasteiger partial charge in [0.1, 0.15) is 12.6 Å². The molecule has 1 aromatic carbocycles. The topological polar surface area (TPSA) is 75.6 Å². The van der Waals surface area contributed by atoms with Crippen LogP contribution in [0.25, 0.3) is 0 Å². The Balaban J connectivity index is 1.60. The molecule has 2 aliphatic carbocycles. The van der Waals surface area contributed by atoms with Gasteiger partial charge in [0.25, 0.3) is 0 Å². The lowest BCUT2D eigenvalue weighted by Crippen LogP contribution is -2.49. The van der Waals surface area contributed by atoms with Gasteiger partial charge in [-0.15, -0.1) is 0 Å². The lowest BCUT2D eigenvalue weighted by atomic mass is 9.80. The Morgan fingerprint density at radius 2 is 1.96 bits per heavy atom. The largest absolute Gasteiger partial charge is 0.480 e. The fourth-order valence-corrected chi connectivity index (χ4v) is 3.43. The first-order valence-electron chi connectivity index (χ1n) is 8.20. The predicted octanol–water partition coefficient (Wildman–Crippen LogP) is 3.19. The van der Waals surface area contributed by atoms with Gasteiger partial charge in [0.05, 0.1) is 0 Å². The third kappa shape index (κ3) is 3.84. The summed E-state index contributed by atoms with van der Waals surface area (Å²) in [5.41, 5.74) is 0.930. The van der Waals surface area contributed by atoms with Crippen molar-refractivity contribution in [3.63, 3.8) is 0 Å². The molecule has 2 saturated carbocycles. The summed E-state index contributed by atoms with van der Waals surface area (Å²) in [6.07, 6.45) is 3.54. The van der Waals surface area contributed by atoms with E-state index in [1.165, 1.54) is 0 Å². The Morgan fingerprint density at radius 1 is 1.30 bits per heavy atom. The first kappa shape index (κ1) is 15.8.